The predicted molar refractivity (Wildman–Crippen MR) is 53.4 cm³/mol. The lowest BCUT2D eigenvalue weighted by Gasteiger charge is -1.99. The highest BCUT2D eigenvalue weighted by molar-refractivity contribution is 6.27. The van der Waals surface area contributed by atoms with Gasteiger partial charge in [0.2, 0.25) is 0 Å². The first-order valence-corrected chi connectivity index (χ1v) is 4.58. The van der Waals surface area contributed by atoms with Crippen molar-refractivity contribution in [3.05, 3.63) is 41.5 Å². The second kappa shape index (κ2) is 3.24. The first-order chi connectivity index (χ1) is 6.33. The molecule has 0 N–H and O–H groups in total. The van der Waals surface area contributed by atoms with Crippen LogP contribution >= 0.6 is 11.6 Å². The van der Waals surface area contributed by atoms with Crippen LogP contribution in [-0.2, 0) is 6.42 Å². The van der Waals surface area contributed by atoms with Gasteiger partial charge in [0.25, 0.3) is 0 Å². The zero-order chi connectivity index (χ0) is 9.26. The summed E-state index contributed by atoms with van der Waals surface area (Å²) in [4.78, 5) is 0. The zero-order valence-electron chi connectivity index (χ0n) is 7.00. The SMILES string of the molecule is N#C/C=C1\c2ccccc2CC1Cl. The van der Waals surface area contributed by atoms with Gasteiger partial charge in [-0.2, -0.15) is 5.26 Å². The summed E-state index contributed by atoms with van der Waals surface area (Å²) in [5, 5.41) is 8.55. The summed E-state index contributed by atoms with van der Waals surface area (Å²) in [7, 11) is 0. The minimum absolute atomic E-state index is 0.0305. The van der Waals surface area contributed by atoms with Crippen molar-refractivity contribution in [2.75, 3.05) is 0 Å². The lowest BCUT2D eigenvalue weighted by molar-refractivity contribution is 1.09. The van der Waals surface area contributed by atoms with Crippen molar-refractivity contribution in [2.45, 2.75) is 11.8 Å². The van der Waals surface area contributed by atoms with E-state index < -0.39 is 0 Å². The molecule has 1 atom stereocenters. The molecule has 0 radical (unpaired) electrons. The molecule has 1 unspecified atom stereocenters. The molecule has 2 heteroatoms. The van der Waals surface area contributed by atoms with Crippen LogP contribution in [0.5, 0.6) is 0 Å². The van der Waals surface area contributed by atoms with Crippen molar-refractivity contribution < 1.29 is 0 Å². The normalized spacial score (nSPS) is 22.8. The van der Waals surface area contributed by atoms with E-state index in [0.29, 0.717) is 0 Å². The Labute approximate surface area is 82.3 Å². The van der Waals surface area contributed by atoms with Crippen molar-refractivity contribution >= 4 is 17.2 Å². The molecule has 1 aromatic rings. The quantitative estimate of drug-likeness (QED) is 0.455. The second-order valence-corrected chi connectivity index (χ2v) is 3.58. The highest BCUT2D eigenvalue weighted by Gasteiger charge is 2.23. The number of halogens is 1. The monoisotopic (exact) mass is 189 g/mol. The number of hydrogen-bond donors (Lipinski definition) is 0. The van der Waals surface area contributed by atoms with Gasteiger partial charge in [0.05, 0.1) is 11.4 Å². The molecule has 0 spiro atoms. The van der Waals surface area contributed by atoms with E-state index in [9.17, 15) is 0 Å². The molecular weight excluding hydrogens is 182 g/mol. The Balaban J connectivity index is 2.54. The van der Waals surface area contributed by atoms with Gasteiger partial charge in [-0.05, 0) is 23.1 Å². The fourth-order valence-corrected chi connectivity index (χ4v) is 2.04. The van der Waals surface area contributed by atoms with Crippen LogP contribution in [0.15, 0.2) is 30.3 Å². The van der Waals surface area contributed by atoms with Crippen molar-refractivity contribution in [1.82, 2.24) is 0 Å². The average Bonchev–Trinajstić information content (AvgIpc) is 2.44. The van der Waals surface area contributed by atoms with Crippen molar-refractivity contribution in [3.8, 4) is 6.07 Å². The third-order valence-electron chi connectivity index (χ3n) is 2.29. The topological polar surface area (TPSA) is 23.8 Å². The molecule has 2 rings (SSSR count). The van der Waals surface area contributed by atoms with E-state index in [1.165, 1.54) is 5.56 Å². The van der Waals surface area contributed by atoms with E-state index in [4.69, 9.17) is 16.9 Å². The largest absolute Gasteiger partial charge is 0.193 e. The van der Waals surface area contributed by atoms with E-state index in [1.807, 2.05) is 24.3 Å². The van der Waals surface area contributed by atoms with E-state index in [0.717, 1.165) is 17.6 Å². The van der Waals surface area contributed by atoms with Crippen LogP contribution < -0.4 is 0 Å². The van der Waals surface area contributed by atoms with Crippen molar-refractivity contribution in [1.29, 1.82) is 5.26 Å². The minimum Gasteiger partial charge on any atom is -0.193 e. The Kier molecular flexibility index (Phi) is 2.08. The second-order valence-electron chi connectivity index (χ2n) is 3.06. The third kappa shape index (κ3) is 1.34. The maximum Gasteiger partial charge on any atom is 0.0915 e. The zero-order valence-corrected chi connectivity index (χ0v) is 7.75. The van der Waals surface area contributed by atoms with Crippen LogP contribution in [0.1, 0.15) is 11.1 Å². The molecule has 1 aliphatic carbocycles. The molecule has 0 aromatic heterocycles. The summed E-state index contributed by atoms with van der Waals surface area (Å²) >= 11 is 6.10. The van der Waals surface area contributed by atoms with Crippen LogP contribution in [0.25, 0.3) is 5.57 Å². The summed E-state index contributed by atoms with van der Waals surface area (Å²) in [6, 6.07) is 10.1. The van der Waals surface area contributed by atoms with Crippen LogP contribution in [0.4, 0.5) is 0 Å². The average molecular weight is 190 g/mol. The van der Waals surface area contributed by atoms with Crippen LogP contribution in [0.3, 0.4) is 0 Å². The Morgan fingerprint density at radius 2 is 2.23 bits per heavy atom. The smallest absolute Gasteiger partial charge is 0.0915 e. The van der Waals surface area contributed by atoms with Gasteiger partial charge in [0, 0.05) is 6.08 Å². The number of nitriles is 1. The Bertz CT molecular complexity index is 401. The fraction of sp³-hybridized carbons (Fsp3) is 0.182. The van der Waals surface area contributed by atoms with Crippen LogP contribution in [0, 0.1) is 11.3 Å². The molecule has 0 saturated carbocycles. The molecule has 0 saturated heterocycles. The van der Waals surface area contributed by atoms with Gasteiger partial charge < -0.3 is 0 Å². The van der Waals surface area contributed by atoms with Crippen molar-refractivity contribution in [2.24, 2.45) is 0 Å². The number of rotatable bonds is 0. The molecule has 0 bridgehead atoms. The summed E-state index contributed by atoms with van der Waals surface area (Å²) in [6.07, 6.45) is 2.38. The summed E-state index contributed by atoms with van der Waals surface area (Å²) in [5.41, 5.74) is 3.33. The minimum atomic E-state index is -0.0305. The molecule has 0 amide bonds. The van der Waals surface area contributed by atoms with Gasteiger partial charge in [-0.1, -0.05) is 24.3 Å². The van der Waals surface area contributed by atoms with Gasteiger partial charge in [-0.25, -0.2) is 0 Å². The van der Waals surface area contributed by atoms with Gasteiger partial charge in [0.15, 0.2) is 0 Å². The standard InChI is InChI=1S/C11H8ClN/c12-11-7-8-3-1-2-4-9(8)10(11)5-6-13/h1-5,11H,7H2/b10-5+. The van der Waals surface area contributed by atoms with E-state index in [2.05, 4.69) is 6.07 Å². The van der Waals surface area contributed by atoms with E-state index in [1.54, 1.807) is 6.08 Å². The first-order valence-electron chi connectivity index (χ1n) is 4.15. The molecule has 1 aromatic carbocycles. The van der Waals surface area contributed by atoms with Gasteiger partial charge >= 0.3 is 0 Å². The number of hydrogen-bond acceptors (Lipinski definition) is 1. The number of allylic oxidation sites excluding steroid dienone is 2. The summed E-state index contributed by atoms with van der Waals surface area (Å²) in [6.45, 7) is 0. The number of nitrogens with zero attached hydrogens (tertiary/aromatic N) is 1. The molecule has 0 aliphatic heterocycles. The van der Waals surface area contributed by atoms with Crippen molar-refractivity contribution in [3.63, 3.8) is 0 Å². The molecule has 64 valence electrons. The number of fused-ring (bicyclic) bond motifs is 1. The Morgan fingerprint density at radius 3 is 3.00 bits per heavy atom. The van der Waals surface area contributed by atoms with Crippen LogP contribution in [0.2, 0.25) is 0 Å². The molecule has 1 nitrogen and oxygen atoms in total. The predicted octanol–water partition coefficient (Wildman–Crippen LogP) is 2.76. The number of alkyl halides is 1. The lowest BCUT2D eigenvalue weighted by atomic mass is 10.1. The summed E-state index contributed by atoms with van der Waals surface area (Å²) in [5.74, 6) is 0. The fourth-order valence-electron chi connectivity index (χ4n) is 1.69. The lowest BCUT2D eigenvalue weighted by Crippen LogP contribution is -1.93. The highest BCUT2D eigenvalue weighted by atomic mass is 35.5. The molecule has 0 heterocycles. The van der Waals surface area contributed by atoms with E-state index >= 15 is 0 Å². The first kappa shape index (κ1) is 8.34. The molecule has 1 aliphatic rings. The molecule has 0 fully saturated rings. The maximum atomic E-state index is 8.58. The maximum absolute atomic E-state index is 8.58. The van der Waals surface area contributed by atoms with E-state index in [-0.39, 0.29) is 5.38 Å². The molecule has 13 heavy (non-hydrogen) atoms. The Morgan fingerprint density at radius 1 is 1.46 bits per heavy atom. The molecular formula is C11H8ClN. The van der Waals surface area contributed by atoms with Gasteiger partial charge in [0.1, 0.15) is 0 Å². The summed E-state index contributed by atoms with van der Waals surface area (Å²) < 4.78 is 0. The highest BCUT2D eigenvalue weighted by Crippen LogP contribution is 2.35. The Hall–Kier alpha value is -1.26. The third-order valence-corrected chi connectivity index (χ3v) is 2.67. The van der Waals surface area contributed by atoms with Gasteiger partial charge in [-0.3, -0.25) is 0 Å². The van der Waals surface area contributed by atoms with Gasteiger partial charge in [-0.15, -0.1) is 11.6 Å². The number of benzene rings is 1. The van der Waals surface area contributed by atoms with Crippen LogP contribution in [-0.4, -0.2) is 5.38 Å².